The van der Waals surface area contributed by atoms with Gasteiger partial charge in [-0.15, -0.1) is 0 Å². The number of ether oxygens (including phenoxy) is 4. The monoisotopic (exact) mass is 475 g/mol. The van der Waals surface area contributed by atoms with Crippen molar-refractivity contribution in [1.29, 1.82) is 5.26 Å². The minimum atomic E-state index is -1.02. The van der Waals surface area contributed by atoms with Gasteiger partial charge in [0, 0.05) is 11.6 Å². The Bertz CT molecular complexity index is 1340. The third-order valence-electron chi connectivity index (χ3n) is 5.72. The molecule has 0 amide bonds. The molecule has 0 saturated carbocycles. The maximum absolute atomic E-state index is 13.2. The third-order valence-corrected chi connectivity index (χ3v) is 5.72. The molecule has 4 rings (SSSR count). The van der Waals surface area contributed by atoms with Gasteiger partial charge in [-0.2, -0.15) is 5.26 Å². The minimum Gasteiger partial charge on any atom is -0.466 e. The van der Waals surface area contributed by atoms with Gasteiger partial charge in [0.25, 0.3) is 0 Å². The Hall–Kier alpha value is -4.78. The van der Waals surface area contributed by atoms with Crippen molar-refractivity contribution in [1.82, 2.24) is 0 Å². The van der Waals surface area contributed by atoms with Crippen molar-refractivity contribution in [2.45, 2.75) is 12.8 Å². The van der Waals surface area contributed by atoms with Gasteiger partial charge in [0.1, 0.15) is 11.5 Å². The lowest BCUT2D eigenvalue weighted by Crippen LogP contribution is -2.41. The van der Waals surface area contributed by atoms with E-state index in [0.29, 0.717) is 17.1 Å². The number of hydrogen-bond acceptors (Lipinski definition) is 10. The molecule has 0 fully saturated rings. The van der Waals surface area contributed by atoms with Crippen molar-refractivity contribution in [3.05, 3.63) is 76.3 Å². The molecule has 35 heavy (non-hydrogen) atoms. The van der Waals surface area contributed by atoms with E-state index in [4.69, 9.17) is 24.7 Å². The van der Waals surface area contributed by atoms with Gasteiger partial charge in [-0.3, -0.25) is 9.69 Å². The van der Waals surface area contributed by atoms with Crippen molar-refractivity contribution >= 4 is 23.4 Å². The van der Waals surface area contributed by atoms with Crippen LogP contribution >= 0.6 is 0 Å². The number of esters is 2. The molecule has 2 aromatic carbocycles. The number of fused-ring (bicyclic) bond motifs is 1. The fourth-order valence-electron chi connectivity index (χ4n) is 4.16. The number of benzene rings is 2. The summed E-state index contributed by atoms with van der Waals surface area (Å²) in [6, 6.07) is 13.6. The summed E-state index contributed by atoms with van der Waals surface area (Å²) in [6.07, 6.45) is 0. The van der Waals surface area contributed by atoms with E-state index in [0.717, 1.165) is 19.1 Å². The zero-order chi connectivity index (χ0) is 25.3. The molecule has 10 heteroatoms. The van der Waals surface area contributed by atoms with Crippen LogP contribution in [-0.4, -0.2) is 38.7 Å². The number of anilines is 1. The Morgan fingerprint density at radius 2 is 1.69 bits per heavy atom. The number of nitriles is 1. The molecule has 10 nitrogen and oxygen atoms in total. The van der Waals surface area contributed by atoms with Crippen LogP contribution in [-0.2, 0) is 19.1 Å². The first kappa shape index (κ1) is 23.4. The first-order chi connectivity index (χ1) is 16.8. The quantitative estimate of drug-likeness (QED) is 0.506. The number of Topliss-reactive ketones (excluding diaryl/α,β-unsaturated/α-hetero) is 1. The normalized spacial score (nSPS) is 16.6. The van der Waals surface area contributed by atoms with Gasteiger partial charge < -0.3 is 24.7 Å². The molecule has 2 heterocycles. The van der Waals surface area contributed by atoms with Crippen molar-refractivity contribution in [3.63, 3.8) is 0 Å². The highest BCUT2D eigenvalue weighted by atomic mass is 16.7. The number of nitrogens with two attached hydrogens (primary N) is 1. The van der Waals surface area contributed by atoms with E-state index in [-0.39, 0.29) is 46.5 Å². The number of carbonyl (C=O) groups is 3. The lowest BCUT2D eigenvalue weighted by atomic mass is 9.80. The molecule has 178 valence electrons. The van der Waals surface area contributed by atoms with Gasteiger partial charge in [-0.1, -0.05) is 30.3 Å². The van der Waals surface area contributed by atoms with Crippen LogP contribution in [0.1, 0.15) is 28.8 Å². The Morgan fingerprint density at radius 3 is 2.26 bits per heavy atom. The van der Waals surface area contributed by atoms with Gasteiger partial charge in [-0.25, -0.2) is 9.59 Å². The number of rotatable bonds is 5. The van der Waals surface area contributed by atoms with Crippen LogP contribution < -0.4 is 20.1 Å². The second-order valence-electron chi connectivity index (χ2n) is 7.61. The number of allylic oxidation sites excluding steroid dienone is 1. The van der Waals surface area contributed by atoms with Crippen molar-refractivity contribution in [3.8, 4) is 17.6 Å². The molecule has 1 atom stereocenters. The summed E-state index contributed by atoms with van der Waals surface area (Å²) in [7, 11) is 2.30. The van der Waals surface area contributed by atoms with Crippen molar-refractivity contribution in [2.24, 2.45) is 5.73 Å². The summed E-state index contributed by atoms with van der Waals surface area (Å²) in [5.41, 5.74) is 6.80. The fourth-order valence-corrected chi connectivity index (χ4v) is 4.16. The molecule has 2 aromatic rings. The summed E-state index contributed by atoms with van der Waals surface area (Å²) in [6.45, 7) is 1.26. The molecule has 2 N–H and O–H groups in total. The predicted molar refractivity (Wildman–Crippen MR) is 122 cm³/mol. The van der Waals surface area contributed by atoms with E-state index >= 15 is 0 Å². The van der Waals surface area contributed by atoms with Gasteiger partial charge in [0.05, 0.1) is 43.0 Å². The van der Waals surface area contributed by atoms with E-state index in [1.54, 1.807) is 30.3 Å². The lowest BCUT2D eigenvalue weighted by Gasteiger charge is -2.36. The summed E-state index contributed by atoms with van der Waals surface area (Å²) in [5, 5.41) is 10.1. The highest BCUT2D eigenvalue weighted by Gasteiger charge is 2.44. The first-order valence-electron chi connectivity index (χ1n) is 10.4. The van der Waals surface area contributed by atoms with E-state index in [1.165, 1.54) is 19.1 Å². The number of methoxy groups -OCH3 is 2. The van der Waals surface area contributed by atoms with Gasteiger partial charge >= 0.3 is 11.9 Å². The average molecular weight is 475 g/mol. The molecular formula is C25H21N3O7. The number of ketones is 1. The predicted octanol–water partition coefficient (Wildman–Crippen LogP) is 2.52. The standard InChI is InChI=1S/C25H21N3O7/c1-13(29)15-9-18-19(35-12-34-18)10-17(15)28-22(25(31)33-3)21(24(30)32-2)20(16(11-26)23(28)27)14-7-5-4-6-8-14/h4-10,20H,12,27H2,1-3H3. The van der Waals surface area contributed by atoms with Gasteiger partial charge in [0.15, 0.2) is 17.3 Å². The molecule has 0 spiro atoms. The molecule has 0 aliphatic carbocycles. The van der Waals surface area contributed by atoms with E-state index in [1.807, 2.05) is 0 Å². The van der Waals surface area contributed by atoms with Gasteiger partial charge in [-0.05, 0) is 18.6 Å². The van der Waals surface area contributed by atoms with E-state index in [2.05, 4.69) is 6.07 Å². The minimum absolute atomic E-state index is 0.0172. The average Bonchev–Trinajstić information content (AvgIpc) is 3.34. The molecule has 0 saturated heterocycles. The SMILES string of the molecule is COC(=O)C1=C(C(=O)OC)N(c2cc3c(cc2C(C)=O)OCO3)C(N)=C(C#N)C1c1ccccc1. The summed E-state index contributed by atoms with van der Waals surface area (Å²) in [4.78, 5) is 40.1. The molecular weight excluding hydrogens is 454 g/mol. The van der Waals surface area contributed by atoms with Crippen LogP contribution in [0.25, 0.3) is 0 Å². The molecule has 0 radical (unpaired) electrons. The number of hydrogen-bond donors (Lipinski definition) is 1. The molecule has 2 aliphatic heterocycles. The Labute approximate surface area is 200 Å². The van der Waals surface area contributed by atoms with Crippen LogP contribution in [0.2, 0.25) is 0 Å². The van der Waals surface area contributed by atoms with Crippen LogP contribution in [0, 0.1) is 11.3 Å². The summed E-state index contributed by atoms with van der Waals surface area (Å²) < 4.78 is 20.9. The largest absolute Gasteiger partial charge is 0.466 e. The van der Waals surface area contributed by atoms with Crippen LogP contribution in [0.4, 0.5) is 5.69 Å². The Kier molecular flexibility index (Phi) is 6.16. The lowest BCUT2D eigenvalue weighted by molar-refractivity contribution is -0.139. The zero-order valence-corrected chi connectivity index (χ0v) is 19.2. The smallest absolute Gasteiger partial charge is 0.355 e. The van der Waals surface area contributed by atoms with E-state index in [9.17, 15) is 19.6 Å². The van der Waals surface area contributed by atoms with Crippen LogP contribution in [0.3, 0.4) is 0 Å². The molecule has 0 aromatic heterocycles. The molecule has 1 unspecified atom stereocenters. The number of carbonyl (C=O) groups excluding carboxylic acids is 3. The second-order valence-corrected chi connectivity index (χ2v) is 7.61. The maximum Gasteiger partial charge on any atom is 0.355 e. The zero-order valence-electron chi connectivity index (χ0n) is 19.2. The Balaban J connectivity index is 2.11. The van der Waals surface area contributed by atoms with Crippen LogP contribution in [0.15, 0.2) is 65.1 Å². The van der Waals surface area contributed by atoms with E-state index < -0.39 is 17.9 Å². The highest BCUT2D eigenvalue weighted by Crippen LogP contribution is 2.46. The molecule has 0 bridgehead atoms. The molecule has 2 aliphatic rings. The Morgan fingerprint density at radius 1 is 1.06 bits per heavy atom. The fraction of sp³-hybridized carbons (Fsp3) is 0.200. The van der Waals surface area contributed by atoms with Gasteiger partial charge in [0.2, 0.25) is 6.79 Å². The summed E-state index contributed by atoms with van der Waals surface area (Å²) >= 11 is 0. The van der Waals surface area contributed by atoms with Crippen molar-refractivity contribution < 1.29 is 33.3 Å². The maximum atomic E-state index is 13.2. The van der Waals surface area contributed by atoms with Crippen molar-refractivity contribution in [2.75, 3.05) is 25.9 Å². The van der Waals surface area contributed by atoms with Crippen LogP contribution in [0.5, 0.6) is 11.5 Å². The summed E-state index contributed by atoms with van der Waals surface area (Å²) in [5.74, 6) is -2.71. The topological polar surface area (TPSA) is 141 Å². The third kappa shape index (κ3) is 3.83. The number of nitrogens with zero attached hydrogens (tertiary/aromatic N) is 2. The second kappa shape index (κ2) is 9.23. The highest BCUT2D eigenvalue weighted by molar-refractivity contribution is 6.09. The first-order valence-corrected chi connectivity index (χ1v) is 10.4.